The Kier molecular flexibility index (Phi) is 2.30. The molecule has 5 heteroatoms. The third-order valence-electron chi connectivity index (χ3n) is 2.04. The van der Waals surface area contributed by atoms with Gasteiger partial charge >= 0.3 is 0 Å². The summed E-state index contributed by atoms with van der Waals surface area (Å²) in [7, 11) is 1.89. The first-order valence-electron chi connectivity index (χ1n) is 4.68. The van der Waals surface area contributed by atoms with Gasteiger partial charge in [0.25, 0.3) is 0 Å². The Labute approximate surface area is 82.4 Å². The van der Waals surface area contributed by atoms with Crippen LogP contribution >= 0.6 is 0 Å². The van der Waals surface area contributed by atoms with E-state index in [1.165, 1.54) is 0 Å². The van der Waals surface area contributed by atoms with Gasteiger partial charge in [0.05, 0.1) is 11.8 Å². The molecule has 2 rings (SSSR count). The van der Waals surface area contributed by atoms with E-state index in [1.807, 2.05) is 17.8 Å². The van der Waals surface area contributed by atoms with Crippen molar-refractivity contribution in [2.45, 2.75) is 19.9 Å². The molecule has 0 radical (unpaired) electrons. The first-order valence-corrected chi connectivity index (χ1v) is 4.68. The molecule has 0 saturated heterocycles. The normalized spacial score (nSPS) is 10.7. The zero-order valence-electron chi connectivity index (χ0n) is 8.38. The summed E-state index contributed by atoms with van der Waals surface area (Å²) in [6, 6.07) is 0. The van der Waals surface area contributed by atoms with Gasteiger partial charge in [-0.05, 0) is 6.42 Å². The fourth-order valence-corrected chi connectivity index (χ4v) is 1.42. The van der Waals surface area contributed by atoms with Gasteiger partial charge in [-0.1, -0.05) is 6.92 Å². The minimum atomic E-state index is 0.889. The Morgan fingerprint density at radius 1 is 1.43 bits per heavy atom. The van der Waals surface area contributed by atoms with Gasteiger partial charge in [0.2, 0.25) is 0 Å². The predicted molar refractivity (Wildman–Crippen MR) is 52.5 cm³/mol. The lowest BCUT2D eigenvalue weighted by molar-refractivity contribution is 0.682. The van der Waals surface area contributed by atoms with Crippen molar-refractivity contribution in [3.05, 3.63) is 18.7 Å². The minimum Gasteiger partial charge on any atom is -0.314 e. The molecule has 2 aromatic rings. The molecule has 0 aliphatic carbocycles. The molecule has 2 aromatic heterocycles. The van der Waals surface area contributed by atoms with Gasteiger partial charge in [0, 0.05) is 19.8 Å². The van der Waals surface area contributed by atoms with Crippen molar-refractivity contribution in [2.75, 3.05) is 0 Å². The molecule has 0 spiro atoms. The van der Waals surface area contributed by atoms with Crippen LogP contribution in [0.25, 0.3) is 11.4 Å². The molecular formula is C9H13N5. The number of rotatable bonds is 3. The van der Waals surface area contributed by atoms with Crippen LogP contribution in [0.5, 0.6) is 0 Å². The molecule has 0 bridgehead atoms. The average molecular weight is 191 g/mol. The van der Waals surface area contributed by atoms with E-state index in [4.69, 9.17) is 0 Å². The third kappa shape index (κ3) is 1.53. The molecule has 14 heavy (non-hydrogen) atoms. The Morgan fingerprint density at radius 3 is 2.93 bits per heavy atom. The maximum atomic E-state index is 4.11. The second-order valence-electron chi connectivity index (χ2n) is 3.25. The third-order valence-corrected chi connectivity index (χ3v) is 2.04. The van der Waals surface area contributed by atoms with Crippen LogP contribution in [0.3, 0.4) is 0 Å². The highest BCUT2D eigenvalue weighted by molar-refractivity contribution is 5.51. The van der Waals surface area contributed by atoms with Gasteiger partial charge in [0.15, 0.2) is 5.82 Å². The lowest BCUT2D eigenvalue weighted by Crippen LogP contribution is -1.97. The van der Waals surface area contributed by atoms with Crippen LogP contribution < -0.4 is 0 Å². The second-order valence-corrected chi connectivity index (χ2v) is 3.25. The minimum absolute atomic E-state index is 0.889. The summed E-state index contributed by atoms with van der Waals surface area (Å²) in [5.41, 5.74) is 1.01. The summed E-state index contributed by atoms with van der Waals surface area (Å²) in [5.74, 6) is 0.889. The van der Waals surface area contributed by atoms with Crippen LogP contribution in [0.2, 0.25) is 0 Å². The summed E-state index contributed by atoms with van der Waals surface area (Å²) in [6.07, 6.45) is 6.57. The van der Waals surface area contributed by atoms with Gasteiger partial charge in [-0.2, -0.15) is 5.10 Å². The van der Waals surface area contributed by atoms with Crippen molar-refractivity contribution in [3.63, 3.8) is 0 Å². The predicted octanol–water partition coefficient (Wildman–Crippen LogP) is 1.09. The van der Waals surface area contributed by atoms with Gasteiger partial charge in [-0.3, -0.25) is 4.68 Å². The molecule has 74 valence electrons. The van der Waals surface area contributed by atoms with Crippen LogP contribution in [0, 0.1) is 0 Å². The van der Waals surface area contributed by atoms with Gasteiger partial charge < -0.3 is 4.57 Å². The largest absolute Gasteiger partial charge is 0.314 e. The molecule has 0 saturated carbocycles. The maximum absolute atomic E-state index is 4.11. The van der Waals surface area contributed by atoms with Crippen molar-refractivity contribution in [2.24, 2.45) is 7.05 Å². The summed E-state index contributed by atoms with van der Waals surface area (Å²) in [6.45, 7) is 3.07. The number of hydrogen-bond acceptors (Lipinski definition) is 3. The van der Waals surface area contributed by atoms with Crippen LogP contribution in [0.1, 0.15) is 13.3 Å². The van der Waals surface area contributed by atoms with E-state index in [-0.39, 0.29) is 0 Å². The summed E-state index contributed by atoms with van der Waals surface area (Å²) >= 11 is 0. The van der Waals surface area contributed by atoms with Crippen molar-refractivity contribution in [1.82, 2.24) is 24.5 Å². The standard InChI is InChI=1S/C9H13N5/c1-3-4-14-7-10-12-9(14)8-5-11-13(2)6-8/h5-7H,3-4H2,1-2H3. The average Bonchev–Trinajstić information content (AvgIpc) is 2.74. The van der Waals surface area contributed by atoms with Crippen molar-refractivity contribution >= 4 is 0 Å². The molecule has 0 aromatic carbocycles. The fourth-order valence-electron chi connectivity index (χ4n) is 1.42. The molecule has 0 N–H and O–H groups in total. The molecule has 5 nitrogen and oxygen atoms in total. The second kappa shape index (κ2) is 3.61. The Balaban J connectivity index is 2.36. The smallest absolute Gasteiger partial charge is 0.166 e. The lowest BCUT2D eigenvalue weighted by atomic mass is 10.3. The summed E-state index contributed by atoms with van der Waals surface area (Å²) in [5, 5.41) is 12.1. The Hall–Kier alpha value is -1.65. The lowest BCUT2D eigenvalue weighted by Gasteiger charge is -2.01. The SMILES string of the molecule is CCCn1cnnc1-c1cnn(C)c1. The fraction of sp³-hybridized carbons (Fsp3) is 0.444. The molecular weight excluding hydrogens is 178 g/mol. The number of hydrogen-bond donors (Lipinski definition) is 0. The molecule has 0 atom stereocenters. The van der Waals surface area contributed by atoms with Crippen LogP contribution in [-0.2, 0) is 13.6 Å². The topological polar surface area (TPSA) is 48.5 Å². The first kappa shape index (κ1) is 8.93. The van der Waals surface area contributed by atoms with Gasteiger partial charge in [0.1, 0.15) is 6.33 Å². The van der Waals surface area contributed by atoms with Crippen LogP contribution in [0.15, 0.2) is 18.7 Å². The monoisotopic (exact) mass is 191 g/mol. The molecule has 0 aliphatic heterocycles. The molecule has 0 amide bonds. The highest BCUT2D eigenvalue weighted by atomic mass is 15.3. The molecule has 0 fully saturated rings. The zero-order valence-corrected chi connectivity index (χ0v) is 8.38. The summed E-state index contributed by atoms with van der Waals surface area (Å²) in [4.78, 5) is 0. The number of aryl methyl sites for hydroxylation is 2. The van der Waals surface area contributed by atoms with Gasteiger partial charge in [-0.25, -0.2) is 0 Å². The molecule has 0 aliphatic rings. The van der Waals surface area contributed by atoms with Crippen LogP contribution in [0.4, 0.5) is 0 Å². The van der Waals surface area contributed by atoms with E-state index in [0.29, 0.717) is 0 Å². The molecule has 0 unspecified atom stereocenters. The quantitative estimate of drug-likeness (QED) is 0.729. The Morgan fingerprint density at radius 2 is 2.29 bits per heavy atom. The number of nitrogens with zero attached hydrogens (tertiary/aromatic N) is 5. The van der Waals surface area contributed by atoms with E-state index < -0.39 is 0 Å². The zero-order chi connectivity index (χ0) is 9.97. The molecule has 2 heterocycles. The maximum Gasteiger partial charge on any atom is 0.166 e. The van der Waals surface area contributed by atoms with Gasteiger partial charge in [-0.15, -0.1) is 10.2 Å². The Bertz CT molecular complexity index is 414. The van der Waals surface area contributed by atoms with E-state index in [1.54, 1.807) is 17.2 Å². The van der Waals surface area contributed by atoms with E-state index in [0.717, 1.165) is 24.4 Å². The summed E-state index contributed by atoms with van der Waals surface area (Å²) < 4.78 is 3.80. The van der Waals surface area contributed by atoms with E-state index in [2.05, 4.69) is 22.2 Å². The van der Waals surface area contributed by atoms with Crippen molar-refractivity contribution in [3.8, 4) is 11.4 Å². The van der Waals surface area contributed by atoms with Crippen molar-refractivity contribution < 1.29 is 0 Å². The van der Waals surface area contributed by atoms with Crippen molar-refractivity contribution in [1.29, 1.82) is 0 Å². The first-order chi connectivity index (χ1) is 6.81. The van der Waals surface area contributed by atoms with E-state index >= 15 is 0 Å². The van der Waals surface area contributed by atoms with Crippen LogP contribution in [-0.4, -0.2) is 24.5 Å². The highest BCUT2D eigenvalue weighted by Crippen LogP contribution is 2.14. The number of aromatic nitrogens is 5. The van der Waals surface area contributed by atoms with E-state index in [9.17, 15) is 0 Å². The highest BCUT2D eigenvalue weighted by Gasteiger charge is 2.07.